The van der Waals surface area contributed by atoms with Gasteiger partial charge in [0.25, 0.3) is 5.91 Å². The number of ether oxygens (including phenoxy) is 1. The molecule has 0 spiro atoms. The number of esters is 1. The van der Waals surface area contributed by atoms with E-state index in [2.05, 4.69) is 11.5 Å². The van der Waals surface area contributed by atoms with Crippen molar-refractivity contribution < 1.29 is 14.3 Å². The van der Waals surface area contributed by atoms with Crippen LogP contribution in [-0.2, 0) is 14.3 Å². The van der Waals surface area contributed by atoms with Crippen LogP contribution >= 0.6 is 0 Å². The Bertz CT molecular complexity index is 934. The highest BCUT2D eigenvalue weighted by Crippen LogP contribution is 2.38. The number of rotatable bonds is 7. The van der Waals surface area contributed by atoms with Crippen molar-refractivity contribution in [2.45, 2.75) is 32.7 Å². The van der Waals surface area contributed by atoms with Gasteiger partial charge in [-0.25, -0.2) is 4.79 Å². The fourth-order valence-electron chi connectivity index (χ4n) is 3.28. The number of hydrogen-bond donors (Lipinski definition) is 0. The Labute approximate surface area is 164 Å². The van der Waals surface area contributed by atoms with Gasteiger partial charge in [0.05, 0.1) is 6.07 Å². The molecule has 0 aliphatic heterocycles. The van der Waals surface area contributed by atoms with Gasteiger partial charge in [-0.1, -0.05) is 18.2 Å². The van der Waals surface area contributed by atoms with Crippen LogP contribution in [0.15, 0.2) is 42.5 Å². The van der Waals surface area contributed by atoms with Gasteiger partial charge in [-0.05, 0) is 56.5 Å². The largest absolute Gasteiger partial charge is 0.452 e. The highest BCUT2D eigenvalue weighted by Gasteiger charge is 2.26. The Morgan fingerprint density at radius 3 is 2.64 bits per heavy atom. The van der Waals surface area contributed by atoms with Gasteiger partial charge in [-0.3, -0.25) is 9.69 Å². The maximum Gasteiger partial charge on any atom is 0.331 e. The number of anilines is 1. The van der Waals surface area contributed by atoms with Crippen molar-refractivity contribution in [1.82, 2.24) is 4.57 Å². The number of nitrogens with zero attached hydrogens (tertiary/aromatic N) is 3. The molecule has 0 saturated heterocycles. The van der Waals surface area contributed by atoms with E-state index in [1.54, 1.807) is 30.3 Å². The summed E-state index contributed by atoms with van der Waals surface area (Å²) in [6, 6.07) is 13.4. The summed E-state index contributed by atoms with van der Waals surface area (Å²) in [5, 5.41) is 8.96. The Hall–Kier alpha value is -3.33. The van der Waals surface area contributed by atoms with Crippen LogP contribution in [0.1, 0.15) is 35.8 Å². The SMILES string of the molecule is Cc1cc(/C=C/C(=O)OCC(=O)N(CC#N)c2ccccc2)c(C)n1C1CC1. The number of carbonyl (C=O) groups excluding carboxylic acids is 2. The minimum absolute atomic E-state index is 0.108. The normalized spacial score (nSPS) is 13.3. The lowest BCUT2D eigenvalue weighted by atomic mass is 10.2. The van der Waals surface area contributed by atoms with Gasteiger partial charge in [0.2, 0.25) is 0 Å². The second kappa shape index (κ2) is 8.57. The minimum Gasteiger partial charge on any atom is -0.452 e. The summed E-state index contributed by atoms with van der Waals surface area (Å²) in [6.07, 6.45) is 5.45. The maximum absolute atomic E-state index is 12.4. The van der Waals surface area contributed by atoms with Crippen LogP contribution in [0.25, 0.3) is 6.08 Å². The molecule has 0 N–H and O–H groups in total. The third-order valence-corrected chi connectivity index (χ3v) is 4.77. The van der Waals surface area contributed by atoms with Crippen molar-refractivity contribution >= 4 is 23.6 Å². The first-order valence-electron chi connectivity index (χ1n) is 9.27. The Morgan fingerprint density at radius 2 is 2.00 bits per heavy atom. The summed E-state index contributed by atoms with van der Waals surface area (Å²) in [5.41, 5.74) is 3.87. The fourth-order valence-corrected chi connectivity index (χ4v) is 3.28. The molecule has 6 heteroatoms. The van der Waals surface area contributed by atoms with Gasteiger partial charge in [-0.15, -0.1) is 0 Å². The number of para-hydroxylation sites is 1. The number of amides is 1. The molecule has 1 heterocycles. The van der Waals surface area contributed by atoms with Crippen LogP contribution < -0.4 is 4.90 Å². The molecule has 1 aromatic carbocycles. The van der Waals surface area contributed by atoms with E-state index in [1.807, 2.05) is 25.1 Å². The summed E-state index contributed by atoms with van der Waals surface area (Å²) in [6.45, 7) is 3.58. The van der Waals surface area contributed by atoms with Crippen LogP contribution in [-0.4, -0.2) is 29.6 Å². The predicted octanol–water partition coefficient (Wildman–Crippen LogP) is 3.55. The molecule has 1 aliphatic carbocycles. The summed E-state index contributed by atoms with van der Waals surface area (Å²) in [5.74, 6) is -1.03. The highest BCUT2D eigenvalue weighted by molar-refractivity contribution is 5.96. The number of nitriles is 1. The first kappa shape index (κ1) is 19.4. The second-order valence-electron chi connectivity index (χ2n) is 6.84. The average Bonchev–Trinajstić information content (AvgIpc) is 3.48. The molecular formula is C22H23N3O3. The lowest BCUT2D eigenvalue weighted by Gasteiger charge is -2.19. The maximum atomic E-state index is 12.4. The molecule has 0 unspecified atom stereocenters. The number of carbonyl (C=O) groups is 2. The zero-order chi connectivity index (χ0) is 20.1. The summed E-state index contributed by atoms with van der Waals surface area (Å²) < 4.78 is 7.38. The number of hydrogen-bond acceptors (Lipinski definition) is 4. The van der Waals surface area contributed by atoms with Gasteiger partial charge < -0.3 is 9.30 Å². The van der Waals surface area contributed by atoms with Crippen molar-refractivity contribution in [2.75, 3.05) is 18.1 Å². The van der Waals surface area contributed by atoms with Crippen molar-refractivity contribution in [3.05, 3.63) is 59.4 Å². The third kappa shape index (κ3) is 4.49. The molecule has 0 bridgehead atoms. The van der Waals surface area contributed by atoms with Crippen molar-refractivity contribution in [1.29, 1.82) is 5.26 Å². The topological polar surface area (TPSA) is 75.3 Å². The molecule has 6 nitrogen and oxygen atoms in total. The number of benzene rings is 1. The Kier molecular flexibility index (Phi) is 5.95. The molecule has 28 heavy (non-hydrogen) atoms. The predicted molar refractivity (Wildman–Crippen MR) is 107 cm³/mol. The molecule has 1 saturated carbocycles. The lowest BCUT2D eigenvalue weighted by Crippen LogP contribution is -2.34. The van der Waals surface area contributed by atoms with Crippen molar-refractivity contribution in [3.8, 4) is 6.07 Å². The van der Waals surface area contributed by atoms with Crippen LogP contribution in [0, 0.1) is 25.2 Å². The van der Waals surface area contributed by atoms with Gasteiger partial charge >= 0.3 is 5.97 Å². The molecule has 1 fully saturated rings. The van der Waals surface area contributed by atoms with Crippen molar-refractivity contribution in [2.24, 2.45) is 0 Å². The Morgan fingerprint density at radius 1 is 1.29 bits per heavy atom. The first-order valence-corrected chi connectivity index (χ1v) is 9.27. The first-order chi connectivity index (χ1) is 13.5. The number of aromatic nitrogens is 1. The van der Waals surface area contributed by atoms with Crippen LogP contribution in [0.4, 0.5) is 5.69 Å². The van der Waals surface area contributed by atoms with Crippen LogP contribution in [0.2, 0.25) is 0 Å². The van der Waals surface area contributed by atoms with Crippen LogP contribution in [0.5, 0.6) is 0 Å². The summed E-state index contributed by atoms with van der Waals surface area (Å²) in [7, 11) is 0. The van der Waals surface area contributed by atoms with E-state index in [0.29, 0.717) is 11.7 Å². The Balaban J connectivity index is 1.59. The zero-order valence-corrected chi connectivity index (χ0v) is 16.1. The smallest absolute Gasteiger partial charge is 0.331 e. The average molecular weight is 377 g/mol. The quantitative estimate of drug-likeness (QED) is 0.420. The number of aryl methyl sites for hydroxylation is 1. The molecule has 1 aliphatic rings. The third-order valence-electron chi connectivity index (χ3n) is 4.77. The molecule has 144 valence electrons. The standard InChI is InChI=1S/C22H23N3O3/c1-16-14-18(17(2)25(16)20-9-10-20)8-11-22(27)28-15-21(26)24(13-12-23)19-6-4-3-5-7-19/h3-8,11,14,20H,9-10,13,15H2,1-2H3/b11-8+. The van der Waals surface area contributed by atoms with Gasteiger partial charge in [-0.2, -0.15) is 5.26 Å². The van der Waals surface area contributed by atoms with E-state index in [0.717, 1.165) is 11.3 Å². The monoisotopic (exact) mass is 377 g/mol. The molecule has 0 atom stereocenters. The van der Waals surface area contributed by atoms with E-state index >= 15 is 0 Å². The summed E-state index contributed by atoms with van der Waals surface area (Å²) >= 11 is 0. The van der Waals surface area contributed by atoms with E-state index in [-0.39, 0.29) is 6.54 Å². The molecule has 0 radical (unpaired) electrons. The lowest BCUT2D eigenvalue weighted by molar-refractivity contribution is -0.142. The molecule has 2 aromatic rings. The van der Waals surface area contributed by atoms with Gasteiger partial charge in [0, 0.05) is 29.2 Å². The van der Waals surface area contributed by atoms with E-state index in [1.165, 1.54) is 29.5 Å². The second-order valence-corrected chi connectivity index (χ2v) is 6.84. The zero-order valence-electron chi connectivity index (χ0n) is 16.1. The van der Waals surface area contributed by atoms with Gasteiger partial charge in [0.15, 0.2) is 6.61 Å². The van der Waals surface area contributed by atoms with E-state index in [4.69, 9.17) is 10.00 Å². The molecule has 1 amide bonds. The fraction of sp³-hybridized carbons (Fsp3) is 0.318. The van der Waals surface area contributed by atoms with E-state index < -0.39 is 18.5 Å². The highest BCUT2D eigenvalue weighted by atomic mass is 16.5. The summed E-state index contributed by atoms with van der Waals surface area (Å²) in [4.78, 5) is 25.7. The van der Waals surface area contributed by atoms with Crippen LogP contribution in [0.3, 0.4) is 0 Å². The molecular weight excluding hydrogens is 354 g/mol. The molecule has 3 rings (SSSR count). The van der Waals surface area contributed by atoms with Crippen molar-refractivity contribution in [3.63, 3.8) is 0 Å². The molecule has 1 aromatic heterocycles. The van der Waals surface area contributed by atoms with E-state index in [9.17, 15) is 9.59 Å². The minimum atomic E-state index is -0.588. The van der Waals surface area contributed by atoms with Gasteiger partial charge in [0.1, 0.15) is 6.54 Å².